The van der Waals surface area contributed by atoms with Crippen molar-refractivity contribution in [2.24, 2.45) is 0 Å². The minimum Gasteiger partial charge on any atom is -0.267 e. The highest BCUT2D eigenvalue weighted by Crippen LogP contribution is 2.21. The Balaban J connectivity index is 2.81. The van der Waals surface area contributed by atoms with Crippen molar-refractivity contribution in [2.75, 3.05) is 0 Å². The minimum absolute atomic E-state index is 0.0297. The third kappa shape index (κ3) is 1.95. The molecule has 0 aliphatic carbocycles. The summed E-state index contributed by atoms with van der Waals surface area (Å²) >= 11 is 0. The molecule has 0 fully saturated rings. The van der Waals surface area contributed by atoms with Gasteiger partial charge in [0.2, 0.25) is 0 Å². The quantitative estimate of drug-likeness (QED) is 0.797. The van der Waals surface area contributed by atoms with E-state index in [1.807, 2.05) is 32.0 Å². The number of hydrogen-bond acceptors (Lipinski definition) is 3. The zero-order chi connectivity index (χ0) is 12.6. The molecular weight excluding hydrogens is 214 g/mol. The van der Waals surface area contributed by atoms with Gasteiger partial charge in [-0.05, 0) is 31.4 Å². The molecule has 17 heavy (non-hydrogen) atoms. The molecule has 0 N–H and O–H groups in total. The van der Waals surface area contributed by atoms with Gasteiger partial charge in [-0.15, -0.1) is 5.10 Å². The molecule has 0 atom stereocenters. The molecular formula is C13H17N3O. The van der Waals surface area contributed by atoms with E-state index in [2.05, 4.69) is 24.2 Å². The number of fused-ring (bicyclic) bond motifs is 1. The zero-order valence-corrected chi connectivity index (χ0v) is 10.6. The van der Waals surface area contributed by atoms with Crippen LogP contribution in [-0.2, 0) is 0 Å². The molecule has 0 aliphatic heterocycles. The Kier molecular flexibility index (Phi) is 2.96. The average molecular weight is 231 g/mol. The molecule has 4 nitrogen and oxygen atoms in total. The summed E-state index contributed by atoms with van der Waals surface area (Å²) in [6.07, 6.45) is 0. The highest BCUT2D eigenvalue weighted by molar-refractivity contribution is 5.80. The first-order valence-corrected chi connectivity index (χ1v) is 5.90. The van der Waals surface area contributed by atoms with E-state index in [-0.39, 0.29) is 11.6 Å². The van der Waals surface area contributed by atoms with Crippen LogP contribution < -0.4 is 5.56 Å². The van der Waals surface area contributed by atoms with Gasteiger partial charge in [-0.1, -0.05) is 31.2 Å². The predicted molar refractivity (Wildman–Crippen MR) is 68.3 cm³/mol. The molecule has 0 radical (unpaired) electrons. The maximum absolute atomic E-state index is 12.2. The Labute approximate surface area is 100 Å². The Hall–Kier alpha value is -1.71. The van der Waals surface area contributed by atoms with Crippen LogP contribution in [0.4, 0.5) is 0 Å². The second-order valence-corrected chi connectivity index (χ2v) is 4.83. The van der Waals surface area contributed by atoms with Crippen molar-refractivity contribution in [1.29, 1.82) is 0 Å². The standard InChI is InChI=1S/C13H17N3O/c1-8(2)10-6-5-7-11-12(10)14-15-16(9(3)4)13(11)17/h5-9H,1-4H3. The van der Waals surface area contributed by atoms with E-state index in [9.17, 15) is 4.79 Å². The summed E-state index contributed by atoms with van der Waals surface area (Å²) in [5.41, 5.74) is 1.74. The van der Waals surface area contributed by atoms with Crippen LogP contribution in [0, 0.1) is 0 Å². The Morgan fingerprint density at radius 1 is 1.18 bits per heavy atom. The fraction of sp³-hybridized carbons (Fsp3) is 0.462. The summed E-state index contributed by atoms with van der Waals surface area (Å²) in [6.45, 7) is 8.03. The third-order valence-electron chi connectivity index (χ3n) is 2.86. The lowest BCUT2D eigenvalue weighted by molar-refractivity contribution is 0.481. The lowest BCUT2D eigenvalue weighted by Gasteiger charge is -2.11. The first kappa shape index (κ1) is 11.8. The summed E-state index contributed by atoms with van der Waals surface area (Å²) in [4.78, 5) is 12.2. The second-order valence-electron chi connectivity index (χ2n) is 4.83. The highest BCUT2D eigenvalue weighted by atomic mass is 16.1. The van der Waals surface area contributed by atoms with Gasteiger partial charge in [-0.3, -0.25) is 4.79 Å². The predicted octanol–water partition coefficient (Wildman–Crippen LogP) is 2.50. The molecule has 0 amide bonds. The molecule has 2 rings (SSSR count). The normalized spacial score (nSPS) is 11.6. The number of hydrogen-bond donors (Lipinski definition) is 0. The van der Waals surface area contributed by atoms with Gasteiger partial charge in [0, 0.05) is 0 Å². The van der Waals surface area contributed by atoms with E-state index >= 15 is 0 Å². The molecule has 0 bridgehead atoms. The summed E-state index contributed by atoms with van der Waals surface area (Å²) < 4.78 is 1.42. The first-order chi connectivity index (χ1) is 8.02. The van der Waals surface area contributed by atoms with Crippen LogP contribution in [0.3, 0.4) is 0 Å². The largest absolute Gasteiger partial charge is 0.277 e. The van der Waals surface area contributed by atoms with E-state index in [4.69, 9.17) is 0 Å². The Morgan fingerprint density at radius 2 is 1.88 bits per heavy atom. The molecule has 0 spiro atoms. The molecule has 1 heterocycles. The van der Waals surface area contributed by atoms with Gasteiger partial charge >= 0.3 is 0 Å². The van der Waals surface area contributed by atoms with E-state index in [1.54, 1.807) is 0 Å². The van der Waals surface area contributed by atoms with Crippen molar-refractivity contribution < 1.29 is 0 Å². The summed E-state index contributed by atoms with van der Waals surface area (Å²) in [6, 6.07) is 5.76. The lowest BCUT2D eigenvalue weighted by Crippen LogP contribution is -2.26. The molecule has 0 saturated carbocycles. The van der Waals surface area contributed by atoms with Crippen LogP contribution in [-0.4, -0.2) is 15.0 Å². The lowest BCUT2D eigenvalue weighted by atomic mass is 10.0. The topological polar surface area (TPSA) is 47.8 Å². The van der Waals surface area contributed by atoms with Gasteiger partial charge in [-0.2, -0.15) is 0 Å². The Bertz CT molecular complexity index is 599. The summed E-state index contributed by atoms with van der Waals surface area (Å²) in [5, 5.41) is 8.85. The van der Waals surface area contributed by atoms with Gasteiger partial charge < -0.3 is 0 Å². The molecule has 90 valence electrons. The van der Waals surface area contributed by atoms with Crippen LogP contribution in [0.15, 0.2) is 23.0 Å². The third-order valence-corrected chi connectivity index (χ3v) is 2.86. The molecule has 1 aromatic carbocycles. The fourth-order valence-electron chi connectivity index (χ4n) is 1.91. The minimum atomic E-state index is -0.0625. The maximum atomic E-state index is 12.2. The molecule has 1 aromatic heterocycles. The highest BCUT2D eigenvalue weighted by Gasteiger charge is 2.12. The number of nitrogens with zero attached hydrogens (tertiary/aromatic N) is 3. The SMILES string of the molecule is CC(C)c1cccc2c(=O)n(C(C)C)nnc12. The monoisotopic (exact) mass is 231 g/mol. The zero-order valence-electron chi connectivity index (χ0n) is 10.6. The number of benzene rings is 1. The smallest absolute Gasteiger partial charge is 0.267 e. The molecule has 2 aromatic rings. The fourth-order valence-corrected chi connectivity index (χ4v) is 1.91. The Morgan fingerprint density at radius 3 is 2.47 bits per heavy atom. The van der Waals surface area contributed by atoms with Crippen LogP contribution in [0.25, 0.3) is 10.9 Å². The van der Waals surface area contributed by atoms with Crippen molar-refractivity contribution in [2.45, 2.75) is 39.7 Å². The summed E-state index contributed by atoms with van der Waals surface area (Å²) in [5.74, 6) is 0.335. The van der Waals surface area contributed by atoms with Crippen LogP contribution >= 0.6 is 0 Å². The van der Waals surface area contributed by atoms with Gasteiger partial charge in [0.1, 0.15) is 5.52 Å². The molecule has 0 saturated heterocycles. The second kappa shape index (κ2) is 4.28. The van der Waals surface area contributed by atoms with Crippen LogP contribution in [0.2, 0.25) is 0 Å². The van der Waals surface area contributed by atoms with Crippen LogP contribution in [0.5, 0.6) is 0 Å². The average Bonchev–Trinajstić information content (AvgIpc) is 2.28. The van der Waals surface area contributed by atoms with Crippen molar-refractivity contribution >= 4 is 10.9 Å². The first-order valence-electron chi connectivity index (χ1n) is 5.90. The molecule has 4 heteroatoms. The van der Waals surface area contributed by atoms with Crippen LogP contribution in [0.1, 0.15) is 45.2 Å². The summed E-state index contributed by atoms with van der Waals surface area (Å²) in [7, 11) is 0. The van der Waals surface area contributed by atoms with Gasteiger partial charge in [0.05, 0.1) is 11.4 Å². The van der Waals surface area contributed by atoms with E-state index < -0.39 is 0 Å². The van der Waals surface area contributed by atoms with Gasteiger partial charge in [0.25, 0.3) is 5.56 Å². The van der Waals surface area contributed by atoms with E-state index in [0.29, 0.717) is 11.3 Å². The van der Waals surface area contributed by atoms with E-state index in [0.717, 1.165) is 11.1 Å². The molecule has 0 unspecified atom stereocenters. The van der Waals surface area contributed by atoms with E-state index in [1.165, 1.54) is 4.68 Å². The van der Waals surface area contributed by atoms with Crippen molar-refractivity contribution in [3.8, 4) is 0 Å². The van der Waals surface area contributed by atoms with Crippen molar-refractivity contribution in [3.05, 3.63) is 34.1 Å². The molecule has 0 aliphatic rings. The van der Waals surface area contributed by atoms with Gasteiger partial charge in [0.15, 0.2) is 0 Å². The van der Waals surface area contributed by atoms with Crippen molar-refractivity contribution in [1.82, 2.24) is 15.0 Å². The van der Waals surface area contributed by atoms with Crippen molar-refractivity contribution in [3.63, 3.8) is 0 Å². The maximum Gasteiger partial charge on any atom is 0.277 e. The number of aromatic nitrogens is 3. The van der Waals surface area contributed by atoms with Gasteiger partial charge in [-0.25, -0.2) is 4.68 Å². The number of rotatable bonds is 2.